The summed E-state index contributed by atoms with van der Waals surface area (Å²) in [6.07, 6.45) is 3.68. The van der Waals surface area contributed by atoms with Gasteiger partial charge in [-0.3, -0.25) is 9.13 Å². The van der Waals surface area contributed by atoms with Gasteiger partial charge in [-0.2, -0.15) is 0 Å². The van der Waals surface area contributed by atoms with Gasteiger partial charge in [0.1, 0.15) is 0 Å². The Morgan fingerprint density at radius 3 is 2.82 bits per heavy atom. The van der Waals surface area contributed by atoms with Gasteiger partial charge in [-0.25, -0.2) is 4.79 Å². The molecule has 0 aromatic carbocycles. The van der Waals surface area contributed by atoms with E-state index in [0.717, 1.165) is 26.2 Å². The molecular formula is C12H17N3OS. The smallest absolute Gasteiger partial charge is 0.310 e. The molecule has 0 bridgehead atoms. The van der Waals surface area contributed by atoms with Gasteiger partial charge in [0.25, 0.3) is 0 Å². The summed E-state index contributed by atoms with van der Waals surface area (Å²) in [5, 5.41) is 5.40. The molecule has 0 spiro atoms. The van der Waals surface area contributed by atoms with Crippen LogP contribution in [0.1, 0.15) is 11.8 Å². The number of aryl methyl sites for hydroxylation is 1. The Bertz CT molecular complexity index is 498. The zero-order chi connectivity index (χ0) is 12.1. The highest BCUT2D eigenvalue weighted by Gasteiger charge is 2.00. The number of aromatic nitrogens is 2. The Balaban J connectivity index is 1.78. The minimum atomic E-state index is 0.0745. The number of nitrogens with one attached hydrogen (secondary N) is 1. The lowest BCUT2D eigenvalue weighted by molar-refractivity contribution is 0.573. The minimum absolute atomic E-state index is 0.0745. The second-order valence-electron chi connectivity index (χ2n) is 3.82. The van der Waals surface area contributed by atoms with Crippen LogP contribution in [0.3, 0.4) is 0 Å². The van der Waals surface area contributed by atoms with Crippen molar-refractivity contribution in [2.24, 2.45) is 0 Å². The summed E-state index contributed by atoms with van der Waals surface area (Å²) in [5.41, 5.74) is 0.0745. The first-order valence-electron chi connectivity index (χ1n) is 5.80. The number of hydrogen-bond acceptors (Lipinski definition) is 3. The summed E-state index contributed by atoms with van der Waals surface area (Å²) in [6, 6.07) is 4.16. The number of thiophene rings is 1. The topological polar surface area (TPSA) is 39.0 Å². The maximum atomic E-state index is 11.7. The number of nitrogens with zero attached hydrogens (tertiary/aromatic N) is 2. The molecule has 1 N–H and O–H groups in total. The largest absolute Gasteiger partial charge is 0.328 e. The van der Waals surface area contributed by atoms with Crippen molar-refractivity contribution < 1.29 is 0 Å². The van der Waals surface area contributed by atoms with Crippen LogP contribution < -0.4 is 11.0 Å². The van der Waals surface area contributed by atoms with Crippen molar-refractivity contribution in [1.82, 2.24) is 14.5 Å². The zero-order valence-electron chi connectivity index (χ0n) is 9.93. The lowest BCUT2D eigenvalue weighted by atomic mass is 10.4. The third-order valence-corrected chi connectivity index (χ3v) is 3.54. The predicted octanol–water partition coefficient (Wildman–Crippen LogP) is 1.52. The number of rotatable bonds is 6. The lowest BCUT2D eigenvalue weighted by Gasteiger charge is -2.03. The van der Waals surface area contributed by atoms with Crippen LogP contribution in [0.5, 0.6) is 0 Å². The van der Waals surface area contributed by atoms with Crippen LogP contribution in [0, 0.1) is 0 Å². The standard InChI is InChI=1S/C12H17N3OS/c1-2-14-7-8-15(12(14)16)6-5-13-10-11-4-3-9-17-11/h3-4,7-9,13H,2,5-6,10H2,1H3. The van der Waals surface area contributed by atoms with E-state index in [4.69, 9.17) is 0 Å². The van der Waals surface area contributed by atoms with Gasteiger partial charge in [-0.15, -0.1) is 11.3 Å². The van der Waals surface area contributed by atoms with Gasteiger partial charge in [0.2, 0.25) is 0 Å². The Kier molecular flexibility index (Phi) is 4.17. The van der Waals surface area contributed by atoms with Crippen molar-refractivity contribution in [3.8, 4) is 0 Å². The summed E-state index contributed by atoms with van der Waals surface area (Å²) in [5.74, 6) is 0. The Morgan fingerprint density at radius 1 is 1.35 bits per heavy atom. The van der Waals surface area contributed by atoms with Gasteiger partial charge in [0.15, 0.2) is 0 Å². The van der Waals surface area contributed by atoms with Gasteiger partial charge < -0.3 is 5.32 Å². The molecule has 0 aliphatic rings. The third-order valence-electron chi connectivity index (χ3n) is 2.67. The summed E-state index contributed by atoms with van der Waals surface area (Å²) >= 11 is 1.74. The second kappa shape index (κ2) is 5.84. The average Bonchev–Trinajstić information content (AvgIpc) is 2.95. The van der Waals surface area contributed by atoms with E-state index in [1.165, 1.54) is 4.88 Å². The Hall–Kier alpha value is -1.33. The van der Waals surface area contributed by atoms with E-state index in [-0.39, 0.29) is 5.69 Å². The summed E-state index contributed by atoms with van der Waals surface area (Å²) in [6.45, 7) is 5.11. The molecule has 2 heterocycles. The van der Waals surface area contributed by atoms with Gasteiger partial charge in [0.05, 0.1) is 0 Å². The summed E-state index contributed by atoms with van der Waals surface area (Å²) in [4.78, 5) is 13.0. The summed E-state index contributed by atoms with van der Waals surface area (Å²) < 4.78 is 3.45. The monoisotopic (exact) mass is 251 g/mol. The maximum absolute atomic E-state index is 11.7. The second-order valence-corrected chi connectivity index (χ2v) is 4.85. The van der Waals surface area contributed by atoms with Crippen molar-refractivity contribution in [2.75, 3.05) is 6.54 Å². The molecule has 17 heavy (non-hydrogen) atoms. The van der Waals surface area contributed by atoms with Gasteiger partial charge in [-0.05, 0) is 18.4 Å². The van der Waals surface area contributed by atoms with Crippen LogP contribution in [0.15, 0.2) is 34.7 Å². The fourth-order valence-electron chi connectivity index (χ4n) is 1.69. The third kappa shape index (κ3) is 3.08. The van der Waals surface area contributed by atoms with Crippen molar-refractivity contribution >= 4 is 11.3 Å². The van der Waals surface area contributed by atoms with Crippen molar-refractivity contribution in [3.63, 3.8) is 0 Å². The lowest BCUT2D eigenvalue weighted by Crippen LogP contribution is -2.28. The highest BCUT2D eigenvalue weighted by atomic mass is 32.1. The molecule has 2 aromatic rings. The number of imidazole rings is 1. The molecule has 2 rings (SSSR count). The van der Waals surface area contributed by atoms with Crippen LogP contribution in [-0.2, 0) is 19.6 Å². The first-order chi connectivity index (χ1) is 8.31. The van der Waals surface area contributed by atoms with Crippen LogP contribution >= 0.6 is 11.3 Å². The minimum Gasteiger partial charge on any atom is -0.310 e. The molecule has 92 valence electrons. The van der Waals surface area contributed by atoms with Crippen LogP contribution in [0.25, 0.3) is 0 Å². The Labute approximate surface area is 105 Å². The molecule has 5 heteroatoms. The predicted molar refractivity (Wildman–Crippen MR) is 70.4 cm³/mol. The fourth-order valence-corrected chi connectivity index (χ4v) is 2.36. The molecule has 0 saturated heterocycles. The SMILES string of the molecule is CCn1ccn(CCNCc2cccs2)c1=O. The van der Waals surface area contributed by atoms with Gasteiger partial charge in [-0.1, -0.05) is 6.07 Å². The first-order valence-corrected chi connectivity index (χ1v) is 6.68. The molecular weight excluding hydrogens is 234 g/mol. The van der Waals surface area contributed by atoms with E-state index in [1.807, 2.05) is 25.4 Å². The van der Waals surface area contributed by atoms with Gasteiger partial charge >= 0.3 is 5.69 Å². The van der Waals surface area contributed by atoms with E-state index >= 15 is 0 Å². The average molecular weight is 251 g/mol. The normalized spacial score (nSPS) is 10.9. The van der Waals surface area contributed by atoms with E-state index in [1.54, 1.807) is 20.5 Å². The molecule has 0 atom stereocenters. The van der Waals surface area contributed by atoms with Crippen molar-refractivity contribution in [3.05, 3.63) is 45.3 Å². The van der Waals surface area contributed by atoms with Crippen LogP contribution in [0.4, 0.5) is 0 Å². The molecule has 0 aliphatic carbocycles. The molecule has 0 radical (unpaired) electrons. The Morgan fingerprint density at radius 2 is 2.18 bits per heavy atom. The molecule has 0 unspecified atom stereocenters. The van der Waals surface area contributed by atoms with E-state index < -0.39 is 0 Å². The number of hydrogen-bond donors (Lipinski definition) is 1. The van der Waals surface area contributed by atoms with Crippen LogP contribution in [0.2, 0.25) is 0 Å². The molecule has 4 nitrogen and oxygen atoms in total. The molecule has 2 aromatic heterocycles. The van der Waals surface area contributed by atoms with E-state index in [9.17, 15) is 4.79 Å². The highest BCUT2D eigenvalue weighted by Crippen LogP contribution is 2.06. The van der Waals surface area contributed by atoms with Gasteiger partial charge in [0, 0.05) is 43.4 Å². The molecule has 0 fully saturated rings. The van der Waals surface area contributed by atoms with E-state index in [2.05, 4.69) is 16.8 Å². The molecule has 0 aliphatic heterocycles. The summed E-state index contributed by atoms with van der Waals surface area (Å²) in [7, 11) is 0. The highest BCUT2D eigenvalue weighted by molar-refractivity contribution is 7.09. The fraction of sp³-hybridized carbons (Fsp3) is 0.417. The van der Waals surface area contributed by atoms with Crippen molar-refractivity contribution in [1.29, 1.82) is 0 Å². The first kappa shape index (κ1) is 12.1. The molecule has 0 amide bonds. The van der Waals surface area contributed by atoms with E-state index in [0.29, 0.717) is 0 Å². The molecule has 0 saturated carbocycles. The maximum Gasteiger partial charge on any atom is 0.328 e. The van der Waals surface area contributed by atoms with Crippen molar-refractivity contribution in [2.45, 2.75) is 26.6 Å². The van der Waals surface area contributed by atoms with Crippen LogP contribution in [-0.4, -0.2) is 15.7 Å². The quantitative estimate of drug-likeness (QED) is 0.791. The zero-order valence-corrected chi connectivity index (χ0v) is 10.7.